The minimum atomic E-state index is -0.186. The first-order valence-electron chi connectivity index (χ1n) is 6.58. The number of hydrogen-bond acceptors (Lipinski definition) is 4. The van der Waals surface area contributed by atoms with Crippen molar-refractivity contribution in [2.75, 3.05) is 7.05 Å². The monoisotopic (exact) mass is 357 g/mol. The van der Waals surface area contributed by atoms with Crippen LogP contribution in [0.3, 0.4) is 0 Å². The number of aromatic nitrogens is 2. The zero-order valence-corrected chi connectivity index (χ0v) is 13.9. The van der Waals surface area contributed by atoms with Gasteiger partial charge in [-0.1, -0.05) is 39.8 Å². The van der Waals surface area contributed by atoms with E-state index in [1.165, 1.54) is 17.6 Å². The molecule has 1 N–H and O–H groups in total. The number of aryl methyl sites for hydroxylation is 1. The van der Waals surface area contributed by atoms with E-state index < -0.39 is 0 Å². The summed E-state index contributed by atoms with van der Waals surface area (Å²) in [7, 11) is 1.89. The van der Waals surface area contributed by atoms with Gasteiger partial charge in [0.15, 0.2) is 0 Å². The molecule has 0 saturated carbocycles. The summed E-state index contributed by atoms with van der Waals surface area (Å²) in [6, 6.07) is 5.23. The van der Waals surface area contributed by atoms with Gasteiger partial charge in [-0.25, -0.2) is 4.39 Å². The van der Waals surface area contributed by atoms with Gasteiger partial charge in [-0.3, -0.25) is 0 Å². The average Bonchev–Trinajstić information content (AvgIpc) is 2.87. The summed E-state index contributed by atoms with van der Waals surface area (Å²) in [5, 5.41) is 7.43. The Bertz CT molecular complexity index is 573. The summed E-state index contributed by atoms with van der Waals surface area (Å²) < 4.78 is 18.7. The quantitative estimate of drug-likeness (QED) is 0.851. The molecule has 20 heavy (non-hydrogen) atoms. The molecule has 2 rings (SSSR count). The van der Waals surface area contributed by atoms with Crippen molar-refractivity contribution in [3.63, 3.8) is 0 Å². The number of benzene rings is 1. The molecule has 1 atom stereocenters. The van der Waals surface area contributed by atoms with Gasteiger partial charge >= 0.3 is 0 Å². The van der Waals surface area contributed by atoms with Crippen LogP contribution in [0.2, 0.25) is 0 Å². The first-order chi connectivity index (χ1) is 9.65. The molecule has 0 bridgehead atoms. The summed E-state index contributed by atoms with van der Waals surface area (Å²) in [5.41, 5.74) is 1.72. The summed E-state index contributed by atoms with van der Waals surface area (Å²) in [6.45, 7) is 2.12. The van der Waals surface area contributed by atoms with Crippen LogP contribution in [0.4, 0.5) is 4.39 Å². The van der Waals surface area contributed by atoms with Crippen LogP contribution < -0.4 is 5.32 Å². The van der Waals surface area contributed by atoms with E-state index >= 15 is 0 Å². The fourth-order valence-corrected chi connectivity index (χ4v) is 3.26. The summed E-state index contributed by atoms with van der Waals surface area (Å²) in [5.74, 6) is -0.186. The Balaban J connectivity index is 2.22. The van der Waals surface area contributed by atoms with Crippen LogP contribution in [0.5, 0.6) is 0 Å². The fraction of sp³-hybridized carbons (Fsp3) is 0.429. The van der Waals surface area contributed by atoms with Gasteiger partial charge in [0.2, 0.25) is 0 Å². The highest BCUT2D eigenvalue weighted by atomic mass is 79.9. The molecule has 1 unspecified atom stereocenters. The third-order valence-electron chi connectivity index (χ3n) is 3.18. The predicted octanol–water partition coefficient (Wildman–Crippen LogP) is 3.90. The van der Waals surface area contributed by atoms with E-state index in [0.29, 0.717) is 12.0 Å². The van der Waals surface area contributed by atoms with Gasteiger partial charge in [0.25, 0.3) is 0 Å². The second kappa shape index (κ2) is 7.24. The van der Waals surface area contributed by atoms with Gasteiger partial charge in [-0.2, -0.15) is 0 Å². The van der Waals surface area contributed by atoms with E-state index in [4.69, 9.17) is 0 Å². The number of hydrogen-bond donors (Lipinski definition) is 1. The molecule has 0 radical (unpaired) electrons. The molecule has 1 heterocycles. The highest BCUT2D eigenvalue weighted by Gasteiger charge is 2.19. The molecule has 0 saturated heterocycles. The fourth-order valence-electron chi connectivity index (χ4n) is 2.12. The molecule has 0 aliphatic heterocycles. The third kappa shape index (κ3) is 3.62. The van der Waals surface area contributed by atoms with E-state index in [-0.39, 0.29) is 11.9 Å². The van der Waals surface area contributed by atoms with Crippen LogP contribution in [0.25, 0.3) is 0 Å². The van der Waals surface area contributed by atoms with Crippen molar-refractivity contribution in [3.05, 3.63) is 44.6 Å². The van der Waals surface area contributed by atoms with E-state index in [2.05, 4.69) is 37.8 Å². The van der Waals surface area contributed by atoms with Crippen molar-refractivity contribution in [2.45, 2.75) is 32.2 Å². The van der Waals surface area contributed by atoms with Crippen molar-refractivity contribution in [1.29, 1.82) is 0 Å². The lowest BCUT2D eigenvalue weighted by Gasteiger charge is -2.16. The Morgan fingerprint density at radius 2 is 2.25 bits per heavy atom. The Kier molecular flexibility index (Phi) is 5.63. The molecule has 0 spiro atoms. The van der Waals surface area contributed by atoms with Crippen LogP contribution in [0.15, 0.2) is 22.7 Å². The Morgan fingerprint density at radius 1 is 1.45 bits per heavy atom. The molecular formula is C14H17BrFN3S. The molecule has 0 fully saturated rings. The number of likely N-dealkylation sites (N-methyl/N-ethyl adjacent to an activating group) is 1. The summed E-state index contributed by atoms with van der Waals surface area (Å²) in [4.78, 5) is 1.11. The van der Waals surface area contributed by atoms with Gasteiger partial charge < -0.3 is 5.32 Å². The lowest BCUT2D eigenvalue weighted by molar-refractivity contribution is 0.555. The molecule has 1 aromatic heterocycles. The molecule has 0 amide bonds. The molecular weight excluding hydrogens is 341 g/mol. The van der Waals surface area contributed by atoms with Crippen LogP contribution >= 0.6 is 27.5 Å². The maximum atomic E-state index is 14.0. The molecule has 0 aliphatic carbocycles. The average molecular weight is 358 g/mol. The van der Waals surface area contributed by atoms with Crippen molar-refractivity contribution in [1.82, 2.24) is 14.9 Å². The molecule has 108 valence electrons. The Hall–Kier alpha value is -0.850. The highest BCUT2D eigenvalue weighted by Crippen LogP contribution is 2.26. The van der Waals surface area contributed by atoms with Crippen molar-refractivity contribution in [3.8, 4) is 0 Å². The standard InChI is InChI=1S/C14H17BrFN3S/c1-3-4-12-14(20-19-18-12)13(17-2)7-9-5-6-10(15)8-11(9)16/h5-6,8,13,17H,3-4,7H2,1-2H3. The van der Waals surface area contributed by atoms with E-state index in [0.717, 1.165) is 27.9 Å². The summed E-state index contributed by atoms with van der Waals surface area (Å²) in [6.07, 6.45) is 2.53. The van der Waals surface area contributed by atoms with E-state index in [1.54, 1.807) is 0 Å². The van der Waals surface area contributed by atoms with E-state index in [9.17, 15) is 4.39 Å². The van der Waals surface area contributed by atoms with Crippen LogP contribution in [0.1, 0.15) is 35.5 Å². The molecule has 0 aliphatic rings. The third-order valence-corrected chi connectivity index (χ3v) is 4.55. The second-order valence-electron chi connectivity index (χ2n) is 4.61. The maximum Gasteiger partial charge on any atom is 0.127 e. The van der Waals surface area contributed by atoms with Gasteiger partial charge in [0.05, 0.1) is 10.6 Å². The van der Waals surface area contributed by atoms with Gasteiger partial charge in [-0.15, -0.1) is 5.10 Å². The van der Waals surface area contributed by atoms with Crippen molar-refractivity contribution < 1.29 is 4.39 Å². The largest absolute Gasteiger partial charge is 0.312 e. The van der Waals surface area contributed by atoms with E-state index in [1.807, 2.05) is 19.2 Å². The van der Waals surface area contributed by atoms with Crippen LogP contribution in [-0.2, 0) is 12.8 Å². The van der Waals surface area contributed by atoms with Crippen LogP contribution in [0, 0.1) is 5.82 Å². The molecule has 3 nitrogen and oxygen atoms in total. The zero-order chi connectivity index (χ0) is 14.5. The van der Waals surface area contributed by atoms with Gasteiger partial charge in [0.1, 0.15) is 5.82 Å². The smallest absolute Gasteiger partial charge is 0.127 e. The van der Waals surface area contributed by atoms with Crippen LogP contribution in [-0.4, -0.2) is 16.6 Å². The number of rotatable bonds is 6. The topological polar surface area (TPSA) is 37.8 Å². The number of nitrogens with zero attached hydrogens (tertiary/aromatic N) is 2. The summed E-state index contributed by atoms with van der Waals surface area (Å²) >= 11 is 4.67. The predicted molar refractivity (Wildman–Crippen MR) is 83.5 cm³/mol. The zero-order valence-electron chi connectivity index (χ0n) is 11.5. The number of nitrogens with one attached hydrogen (secondary N) is 1. The first kappa shape index (κ1) is 15.5. The highest BCUT2D eigenvalue weighted by molar-refractivity contribution is 9.10. The van der Waals surface area contributed by atoms with Gasteiger partial charge in [-0.05, 0) is 49.1 Å². The Labute approximate surface area is 130 Å². The molecule has 6 heteroatoms. The normalized spacial score (nSPS) is 12.6. The Morgan fingerprint density at radius 3 is 2.90 bits per heavy atom. The number of halogens is 2. The minimum absolute atomic E-state index is 0.0484. The lowest BCUT2D eigenvalue weighted by Crippen LogP contribution is -2.19. The second-order valence-corrected chi connectivity index (χ2v) is 6.32. The first-order valence-corrected chi connectivity index (χ1v) is 8.14. The minimum Gasteiger partial charge on any atom is -0.312 e. The van der Waals surface area contributed by atoms with Gasteiger partial charge in [0, 0.05) is 10.5 Å². The van der Waals surface area contributed by atoms with Crippen molar-refractivity contribution in [2.24, 2.45) is 0 Å². The molecule has 2 aromatic rings. The SMILES string of the molecule is CCCc1nnsc1C(Cc1ccc(Br)cc1F)NC. The van der Waals surface area contributed by atoms with Crippen molar-refractivity contribution >= 4 is 27.5 Å². The lowest BCUT2D eigenvalue weighted by atomic mass is 10.0. The molecule has 1 aromatic carbocycles. The maximum absolute atomic E-state index is 14.0.